The first-order chi connectivity index (χ1) is 9.01. The van der Waals surface area contributed by atoms with Crippen molar-refractivity contribution in [3.63, 3.8) is 0 Å². The van der Waals surface area contributed by atoms with Gasteiger partial charge in [0, 0.05) is 24.2 Å². The molecule has 1 atom stereocenters. The van der Waals surface area contributed by atoms with Crippen LogP contribution in [0.15, 0.2) is 12.1 Å². The fourth-order valence-corrected chi connectivity index (χ4v) is 2.02. The summed E-state index contributed by atoms with van der Waals surface area (Å²) in [6.07, 6.45) is 5.84. The summed E-state index contributed by atoms with van der Waals surface area (Å²) in [7, 11) is 0. The molecular weight excluding hydrogens is 246 g/mol. The lowest BCUT2D eigenvalue weighted by Gasteiger charge is -2.13. The Morgan fingerprint density at radius 3 is 3.00 bits per heavy atom. The van der Waals surface area contributed by atoms with Gasteiger partial charge < -0.3 is 10.6 Å². The van der Waals surface area contributed by atoms with Crippen LogP contribution in [0.25, 0.3) is 0 Å². The van der Waals surface area contributed by atoms with Crippen molar-refractivity contribution in [2.24, 2.45) is 0 Å². The van der Waals surface area contributed by atoms with Gasteiger partial charge >= 0.3 is 0 Å². The molecule has 6 nitrogen and oxygen atoms in total. The Bertz CT molecular complexity index is 590. The van der Waals surface area contributed by atoms with Gasteiger partial charge in [-0.2, -0.15) is 0 Å². The van der Waals surface area contributed by atoms with Gasteiger partial charge in [0.2, 0.25) is 5.91 Å². The maximum atomic E-state index is 11.3. The summed E-state index contributed by atoms with van der Waals surface area (Å²) >= 11 is 0. The highest BCUT2D eigenvalue weighted by Gasteiger charge is 2.24. The number of fused-ring (bicyclic) bond motifs is 1. The average molecular weight is 259 g/mol. The summed E-state index contributed by atoms with van der Waals surface area (Å²) in [5, 5.41) is 16.7. The van der Waals surface area contributed by atoms with Crippen molar-refractivity contribution in [1.29, 1.82) is 0 Å². The number of carbonyl (C=O) groups is 1. The largest absolute Gasteiger partial charge is 0.376 e. The molecule has 1 aromatic rings. The zero-order valence-corrected chi connectivity index (χ0v) is 10.4. The Hall–Kier alpha value is -2.55. The number of hydrogen-bond donors (Lipinski definition) is 2. The molecule has 1 amide bonds. The van der Waals surface area contributed by atoms with Crippen molar-refractivity contribution >= 4 is 23.0 Å². The summed E-state index contributed by atoms with van der Waals surface area (Å²) in [5.74, 6) is 2.34. The Morgan fingerprint density at radius 2 is 2.37 bits per heavy atom. The van der Waals surface area contributed by atoms with E-state index >= 15 is 0 Å². The normalized spacial score (nSPS) is 14.2. The molecule has 1 aromatic carbocycles. The van der Waals surface area contributed by atoms with Crippen LogP contribution in [0.3, 0.4) is 0 Å². The van der Waals surface area contributed by atoms with Crippen molar-refractivity contribution in [3.8, 4) is 12.3 Å². The van der Waals surface area contributed by atoms with Crippen molar-refractivity contribution < 1.29 is 9.72 Å². The van der Waals surface area contributed by atoms with Gasteiger partial charge in [-0.1, -0.05) is 0 Å². The molecule has 2 N–H and O–H groups in total. The zero-order chi connectivity index (χ0) is 14.0. The molecule has 6 heteroatoms. The lowest BCUT2D eigenvalue weighted by atomic mass is 10.1. The standard InChI is InChI=1S/C13H13N3O3/c1-3-4-8(2)14-11-7-10-9(6-13(17)15-10)5-12(11)16(18)19/h1,5,7-8,14H,4,6H2,2H3,(H,15,17). The number of carbonyl (C=O) groups excluding carboxylic acids is 1. The van der Waals surface area contributed by atoms with E-state index in [0.717, 1.165) is 0 Å². The van der Waals surface area contributed by atoms with E-state index in [-0.39, 0.29) is 24.1 Å². The molecule has 1 heterocycles. The van der Waals surface area contributed by atoms with E-state index in [0.29, 0.717) is 23.4 Å². The summed E-state index contributed by atoms with van der Waals surface area (Å²) in [6.45, 7) is 1.84. The fraction of sp³-hybridized carbons (Fsp3) is 0.308. The first-order valence-corrected chi connectivity index (χ1v) is 5.82. The van der Waals surface area contributed by atoms with Crippen LogP contribution in [0, 0.1) is 22.5 Å². The van der Waals surface area contributed by atoms with Gasteiger partial charge in [-0.15, -0.1) is 12.3 Å². The highest BCUT2D eigenvalue weighted by molar-refractivity contribution is 6.00. The van der Waals surface area contributed by atoms with Gasteiger partial charge in [-0.05, 0) is 18.6 Å². The number of anilines is 2. The number of nitrogens with zero attached hydrogens (tertiary/aromatic N) is 1. The van der Waals surface area contributed by atoms with E-state index in [2.05, 4.69) is 16.6 Å². The monoisotopic (exact) mass is 259 g/mol. The van der Waals surface area contributed by atoms with E-state index < -0.39 is 4.92 Å². The fourth-order valence-electron chi connectivity index (χ4n) is 2.02. The topological polar surface area (TPSA) is 84.3 Å². The van der Waals surface area contributed by atoms with E-state index in [1.807, 2.05) is 6.92 Å². The Labute approximate surface area is 110 Å². The summed E-state index contributed by atoms with van der Waals surface area (Å²) < 4.78 is 0. The van der Waals surface area contributed by atoms with Crippen LogP contribution in [0.5, 0.6) is 0 Å². The minimum Gasteiger partial charge on any atom is -0.376 e. The second kappa shape index (κ2) is 4.98. The van der Waals surface area contributed by atoms with Crippen LogP contribution in [0.2, 0.25) is 0 Å². The second-order valence-corrected chi connectivity index (χ2v) is 4.46. The third-order valence-corrected chi connectivity index (χ3v) is 2.87. The van der Waals surface area contributed by atoms with Crippen LogP contribution in [-0.2, 0) is 11.2 Å². The summed E-state index contributed by atoms with van der Waals surface area (Å²) in [4.78, 5) is 21.9. The Morgan fingerprint density at radius 1 is 1.63 bits per heavy atom. The number of nitro benzene ring substituents is 1. The maximum Gasteiger partial charge on any atom is 0.292 e. The second-order valence-electron chi connectivity index (χ2n) is 4.46. The van der Waals surface area contributed by atoms with E-state index in [4.69, 9.17) is 6.42 Å². The molecule has 0 aromatic heterocycles. The molecule has 2 rings (SSSR count). The highest BCUT2D eigenvalue weighted by atomic mass is 16.6. The van der Waals surface area contributed by atoms with Crippen molar-refractivity contribution in [2.75, 3.05) is 10.6 Å². The summed E-state index contributed by atoms with van der Waals surface area (Å²) in [6, 6.07) is 2.93. The number of nitrogens with one attached hydrogen (secondary N) is 2. The number of rotatable bonds is 4. The number of nitro groups is 1. The molecule has 0 bridgehead atoms. The SMILES string of the molecule is C#CCC(C)Nc1cc2c(cc1[N+](=O)[O-])CC(=O)N2. The molecule has 0 aliphatic carbocycles. The molecule has 19 heavy (non-hydrogen) atoms. The van der Waals surface area contributed by atoms with E-state index in [9.17, 15) is 14.9 Å². The quantitative estimate of drug-likeness (QED) is 0.491. The van der Waals surface area contributed by atoms with Gasteiger partial charge in [0.15, 0.2) is 0 Å². The minimum absolute atomic E-state index is 0.0425. The van der Waals surface area contributed by atoms with Gasteiger partial charge in [0.1, 0.15) is 5.69 Å². The van der Waals surface area contributed by atoms with Crippen LogP contribution in [0.1, 0.15) is 18.9 Å². The van der Waals surface area contributed by atoms with Gasteiger partial charge in [-0.25, -0.2) is 0 Å². The third-order valence-electron chi connectivity index (χ3n) is 2.87. The lowest BCUT2D eigenvalue weighted by molar-refractivity contribution is -0.384. The molecule has 0 saturated carbocycles. The van der Waals surface area contributed by atoms with Gasteiger partial charge in [0.05, 0.1) is 11.3 Å². The molecule has 1 aliphatic rings. The van der Waals surface area contributed by atoms with Gasteiger partial charge in [-0.3, -0.25) is 14.9 Å². The molecule has 0 saturated heterocycles. The molecule has 0 spiro atoms. The molecule has 0 radical (unpaired) electrons. The predicted octanol–water partition coefficient (Wildman–Crippen LogP) is 1.91. The number of hydrogen-bond acceptors (Lipinski definition) is 4. The molecule has 1 aliphatic heterocycles. The van der Waals surface area contributed by atoms with Gasteiger partial charge in [0.25, 0.3) is 5.69 Å². The molecule has 1 unspecified atom stereocenters. The number of terminal acetylenes is 1. The first kappa shape index (κ1) is 12.9. The predicted molar refractivity (Wildman–Crippen MR) is 72.0 cm³/mol. The third kappa shape index (κ3) is 2.65. The number of benzene rings is 1. The van der Waals surface area contributed by atoms with Crippen LogP contribution >= 0.6 is 0 Å². The van der Waals surface area contributed by atoms with Crippen LogP contribution in [0.4, 0.5) is 17.1 Å². The average Bonchev–Trinajstić information content (AvgIpc) is 2.67. The van der Waals surface area contributed by atoms with Crippen LogP contribution in [-0.4, -0.2) is 16.9 Å². The molecule has 98 valence electrons. The lowest BCUT2D eigenvalue weighted by Crippen LogP contribution is -2.15. The summed E-state index contributed by atoms with van der Waals surface area (Å²) in [5.41, 5.74) is 1.59. The molecule has 0 fully saturated rings. The van der Waals surface area contributed by atoms with E-state index in [1.165, 1.54) is 6.07 Å². The van der Waals surface area contributed by atoms with E-state index in [1.54, 1.807) is 6.07 Å². The number of amides is 1. The molecular formula is C13H13N3O3. The maximum absolute atomic E-state index is 11.3. The smallest absolute Gasteiger partial charge is 0.292 e. The van der Waals surface area contributed by atoms with Crippen molar-refractivity contribution in [3.05, 3.63) is 27.8 Å². The zero-order valence-electron chi connectivity index (χ0n) is 10.4. The highest BCUT2D eigenvalue weighted by Crippen LogP contribution is 2.34. The first-order valence-electron chi connectivity index (χ1n) is 5.82. The Balaban J connectivity index is 2.37. The minimum atomic E-state index is -0.464. The van der Waals surface area contributed by atoms with Crippen LogP contribution < -0.4 is 10.6 Å². The Kier molecular flexibility index (Phi) is 3.38. The van der Waals surface area contributed by atoms with Crippen molar-refractivity contribution in [1.82, 2.24) is 0 Å². The van der Waals surface area contributed by atoms with Crippen molar-refractivity contribution in [2.45, 2.75) is 25.8 Å².